The highest BCUT2D eigenvalue weighted by molar-refractivity contribution is 5.78. The third kappa shape index (κ3) is 4.74. The first-order valence-corrected chi connectivity index (χ1v) is 8.05. The predicted molar refractivity (Wildman–Crippen MR) is 87.3 cm³/mol. The van der Waals surface area contributed by atoms with Gasteiger partial charge in [0.1, 0.15) is 0 Å². The van der Waals surface area contributed by atoms with Gasteiger partial charge in [-0.3, -0.25) is 4.79 Å². The van der Waals surface area contributed by atoms with Crippen molar-refractivity contribution in [2.24, 2.45) is 11.7 Å². The monoisotopic (exact) mass is 289 g/mol. The Balaban J connectivity index is 1.91. The van der Waals surface area contributed by atoms with E-state index in [-0.39, 0.29) is 5.91 Å². The lowest BCUT2D eigenvalue weighted by Crippen LogP contribution is -2.36. The number of likely N-dealkylation sites (N-methyl/N-ethyl adjacent to an activating group) is 1. The molecule has 0 saturated heterocycles. The van der Waals surface area contributed by atoms with E-state index in [1.165, 1.54) is 25.7 Å². The van der Waals surface area contributed by atoms with Gasteiger partial charge in [0.2, 0.25) is 5.91 Å². The molecule has 4 heteroatoms. The zero-order valence-electron chi connectivity index (χ0n) is 12.9. The molecule has 21 heavy (non-hydrogen) atoms. The Morgan fingerprint density at radius 1 is 1.24 bits per heavy atom. The highest BCUT2D eigenvalue weighted by Crippen LogP contribution is 2.26. The molecule has 4 N–H and O–H groups in total. The number of carbonyl (C=O) groups excluding carboxylic acids is 1. The van der Waals surface area contributed by atoms with Crippen molar-refractivity contribution in [1.29, 1.82) is 0 Å². The molecule has 1 aliphatic carbocycles. The van der Waals surface area contributed by atoms with Crippen molar-refractivity contribution in [2.75, 3.05) is 18.4 Å². The summed E-state index contributed by atoms with van der Waals surface area (Å²) in [6.45, 7) is 3.37. The summed E-state index contributed by atoms with van der Waals surface area (Å²) < 4.78 is 0. The average molecular weight is 289 g/mol. The van der Waals surface area contributed by atoms with Crippen molar-refractivity contribution in [1.82, 2.24) is 5.32 Å². The molecule has 0 heterocycles. The smallest absolute Gasteiger partial charge is 0.224 e. The number of amides is 1. The maximum atomic E-state index is 11.6. The minimum absolute atomic E-state index is 0.0775. The van der Waals surface area contributed by atoms with Crippen molar-refractivity contribution in [2.45, 2.75) is 45.1 Å². The molecular weight excluding hydrogens is 262 g/mol. The molecule has 116 valence electrons. The fourth-order valence-corrected chi connectivity index (χ4v) is 3.06. The summed E-state index contributed by atoms with van der Waals surface area (Å²) in [5.74, 6) is 0.655. The number of nitrogens with one attached hydrogen (secondary N) is 2. The van der Waals surface area contributed by atoms with Crippen LogP contribution in [0.3, 0.4) is 0 Å². The van der Waals surface area contributed by atoms with Crippen molar-refractivity contribution in [3.8, 4) is 0 Å². The Bertz CT molecular complexity index is 444. The summed E-state index contributed by atoms with van der Waals surface area (Å²) >= 11 is 0. The van der Waals surface area contributed by atoms with Crippen LogP contribution in [0.2, 0.25) is 0 Å². The molecule has 2 unspecified atom stereocenters. The molecule has 1 aromatic carbocycles. The molecule has 2 atom stereocenters. The highest BCUT2D eigenvalue weighted by Gasteiger charge is 2.23. The Morgan fingerprint density at radius 2 is 1.95 bits per heavy atom. The van der Waals surface area contributed by atoms with E-state index in [1.807, 2.05) is 19.1 Å². The van der Waals surface area contributed by atoms with E-state index in [0.717, 1.165) is 17.8 Å². The lowest BCUT2D eigenvalue weighted by Gasteiger charge is -2.32. The minimum atomic E-state index is 0.0775. The van der Waals surface area contributed by atoms with Crippen LogP contribution >= 0.6 is 0 Å². The summed E-state index contributed by atoms with van der Waals surface area (Å²) in [7, 11) is 0. The first-order valence-electron chi connectivity index (χ1n) is 8.05. The van der Waals surface area contributed by atoms with E-state index in [1.54, 1.807) is 0 Å². The van der Waals surface area contributed by atoms with Crippen molar-refractivity contribution in [3.05, 3.63) is 29.8 Å². The average Bonchev–Trinajstić information content (AvgIpc) is 2.50. The lowest BCUT2D eigenvalue weighted by atomic mass is 9.84. The lowest BCUT2D eigenvalue weighted by molar-refractivity contribution is -0.120. The molecule has 1 aromatic rings. The molecule has 1 saturated carbocycles. The van der Waals surface area contributed by atoms with E-state index < -0.39 is 0 Å². The second kappa shape index (κ2) is 8.03. The van der Waals surface area contributed by atoms with Crippen LogP contribution in [0.25, 0.3) is 0 Å². The normalized spacial score (nSPS) is 21.8. The SMILES string of the molecule is CCNC(=O)Cc1ccc(NC2CCCCC2CN)cc1. The molecule has 0 spiro atoms. The first kappa shape index (κ1) is 15.8. The van der Waals surface area contributed by atoms with Gasteiger partial charge in [-0.2, -0.15) is 0 Å². The highest BCUT2D eigenvalue weighted by atomic mass is 16.1. The number of hydrogen-bond acceptors (Lipinski definition) is 3. The number of benzene rings is 1. The zero-order valence-corrected chi connectivity index (χ0v) is 12.9. The Hall–Kier alpha value is -1.55. The molecule has 4 nitrogen and oxygen atoms in total. The fourth-order valence-electron chi connectivity index (χ4n) is 3.06. The second-order valence-corrected chi connectivity index (χ2v) is 5.86. The van der Waals surface area contributed by atoms with Gasteiger partial charge in [-0.15, -0.1) is 0 Å². The largest absolute Gasteiger partial charge is 0.382 e. The van der Waals surface area contributed by atoms with Gasteiger partial charge in [0.05, 0.1) is 6.42 Å². The van der Waals surface area contributed by atoms with Crippen LogP contribution in [-0.2, 0) is 11.2 Å². The van der Waals surface area contributed by atoms with Gasteiger partial charge in [0.15, 0.2) is 0 Å². The van der Waals surface area contributed by atoms with Gasteiger partial charge in [-0.05, 0) is 49.9 Å². The quantitative estimate of drug-likeness (QED) is 0.753. The molecule has 0 aromatic heterocycles. The topological polar surface area (TPSA) is 67.2 Å². The van der Waals surface area contributed by atoms with Crippen molar-refractivity contribution in [3.63, 3.8) is 0 Å². The van der Waals surface area contributed by atoms with E-state index in [2.05, 4.69) is 22.8 Å². The number of rotatable bonds is 6. The standard InChI is InChI=1S/C17H27N3O/c1-2-19-17(21)11-13-7-9-15(10-8-13)20-16-6-4-3-5-14(16)12-18/h7-10,14,16,20H,2-6,11-12,18H2,1H3,(H,19,21). The summed E-state index contributed by atoms with van der Waals surface area (Å²) in [4.78, 5) is 11.6. The summed E-state index contributed by atoms with van der Waals surface area (Å²) in [6.07, 6.45) is 5.45. The van der Waals surface area contributed by atoms with Crippen molar-refractivity contribution >= 4 is 11.6 Å². The van der Waals surface area contributed by atoms with Gasteiger partial charge in [0, 0.05) is 18.3 Å². The first-order chi connectivity index (χ1) is 10.2. The van der Waals surface area contributed by atoms with Crippen LogP contribution in [0.15, 0.2) is 24.3 Å². The Kier molecular flexibility index (Phi) is 6.05. The van der Waals surface area contributed by atoms with Gasteiger partial charge in [-0.25, -0.2) is 0 Å². The maximum Gasteiger partial charge on any atom is 0.224 e. The van der Waals surface area contributed by atoms with Crippen LogP contribution in [0.1, 0.15) is 38.2 Å². The molecule has 1 fully saturated rings. The number of nitrogens with two attached hydrogens (primary N) is 1. The third-order valence-corrected chi connectivity index (χ3v) is 4.26. The van der Waals surface area contributed by atoms with E-state index in [9.17, 15) is 4.79 Å². The maximum absolute atomic E-state index is 11.6. The van der Waals surface area contributed by atoms with Gasteiger partial charge in [-0.1, -0.05) is 25.0 Å². The number of carbonyl (C=O) groups is 1. The van der Waals surface area contributed by atoms with Crippen LogP contribution < -0.4 is 16.4 Å². The van der Waals surface area contributed by atoms with Gasteiger partial charge < -0.3 is 16.4 Å². The Labute approximate surface area is 127 Å². The van der Waals surface area contributed by atoms with Gasteiger partial charge in [0.25, 0.3) is 0 Å². The molecule has 1 aliphatic rings. The molecule has 0 aliphatic heterocycles. The van der Waals surface area contributed by atoms with Crippen LogP contribution in [-0.4, -0.2) is 25.0 Å². The molecular formula is C17H27N3O. The second-order valence-electron chi connectivity index (χ2n) is 5.86. The summed E-state index contributed by atoms with van der Waals surface area (Å²) in [5, 5.41) is 6.43. The van der Waals surface area contributed by atoms with Gasteiger partial charge >= 0.3 is 0 Å². The third-order valence-electron chi connectivity index (χ3n) is 4.26. The molecule has 1 amide bonds. The fraction of sp³-hybridized carbons (Fsp3) is 0.588. The predicted octanol–water partition coefficient (Wildman–Crippen LogP) is 2.29. The van der Waals surface area contributed by atoms with Crippen molar-refractivity contribution < 1.29 is 4.79 Å². The molecule has 2 rings (SSSR count). The summed E-state index contributed by atoms with van der Waals surface area (Å²) in [6, 6.07) is 8.67. The van der Waals surface area contributed by atoms with Crippen LogP contribution in [0.4, 0.5) is 5.69 Å². The Morgan fingerprint density at radius 3 is 2.62 bits per heavy atom. The molecule has 0 radical (unpaired) electrons. The zero-order chi connectivity index (χ0) is 15.1. The van der Waals surface area contributed by atoms with E-state index >= 15 is 0 Å². The number of anilines is 1. The van der Waals surface area contributed by atoms with E-state index in [0.29, 0.717) is 24.9 Å². The van der Waals surface area contributed by atoms with E-state index in [4.69, 9.17) is 5.73 Å². The molecule has 0 bridgehead atoms. The summed E-state index contributed by atoms with van der Waals surface area (Å²) in [5.41, 5.74) is 8.04. The van der Waals surface area contributed by atoms with Crippen LogP contribution in [0.5, 0.6) is 0 Å². The van der Waals surface area contributed by atoms with Crippen LogP contribution in [0, 0.1) is 5.92 Å². The minimum Gasteiger partial charge on any atom is -0.382 e. The number of hydrogen-bond donors (Lipinski definition) is 3.